The highest BCUT2D eigenvalue weighted by atomic mass is 32.1. The molecule has 0 aliphatic heterocycles. The summed E-state index contributed by atoms with van der Waals surface area (Å²) in [5, 5.41) is 13.3. The molecule has 20 heavy (non-hydrogen) atoms. The van der Waals surface area contributed by atoms with Crippen molar-refractivity contribution in [1.29, 1.82) is 0 Å². The van der Waals surface area contributed by atoms with Crippen LogP contribution in [-0.2, 0) is 12.8 Å². The fourth-order valence-electron chi connectivity index (χ4n) is 2.35. The van der Waals surface area contributed by atoms with Gasteiger partial charge in [-0.1, -0.05) is 4.49 Å². The minimum atomic E-state index is -0.210. The zero-order valence-electron chi connectivity index (χ0n) is 10.8. The maximum Gasteiger partial charge on any atom is 0.265 e. The van der Waals surface area contributed by atoms with Crippen molar-refractivity contribution in [3.8, 4) is 0 Å². The number of aromatic nitrogens is 4. The molecule has 0 bridgehead atoms. The predicted octanol–water partition coefficient (Wildman–Crippen LogP) is 0.217. The van der Waals surface area contributed by atoms with Gasteiger partial charge in [-0.3, -0.25) is 9.59 Å². The van der Waals surface area contributed by atoms with E-state index >= 15 is 0 Å². The van der Waals surface area contributed by atoms with Crippen LogP contribution >= 0.6 is 11.5 Å². The van der Waals surface area contributed by atoms with Gasteiger partial charge in [-0.25, -0.2) is 5.10 Å². The molecule has 3 rings (SSSR count). The standard InChI is InChI=1S/C12H13N5O2S/c1-6-11(20-17-14-6)12(19)13-8-2-3-9-7(4-8)5-10(18)16-15-9/h5,8H,2-4H2,1H3,(H,13,19)(H,16,18). The number of carbonyl (C=O) groups is 1. The van der Waals surface area contributed by atoms with Crippen LogP contribution in [0.5, 0.6) is 0 Å². The molecule has 0 spiro atoms. The molecule has 1 aliphatic carbocycles. The molecule has 0 saturated carbocycles. The average molecular weight is 291 g/mol. The first-order valence-electron chi connectivity index (χ1n) is 6.31. The van der Waals surface area contributed by atoms with Crippen LogP contribution < -0.4 is 10.9 Å². The van der Waals surface area contributed by atoms with Crippen LogP contribution in [0.4, 0.5) is 0 Å². The number of hydrogen-bond donors (Lipinski definition) is 2. The summed E-state index contributed by atoms with van der Waals surface area (Å²) in [6.07, 6.45) is 2.18. The second-order valence-corrected chi connectivity index (χ2v) is 5.56. The Kier molecular flexibility index (Phi) is 3.31. The molecule has 7 nitrogen and oxygen atoms in total. The van der Waals surface area contributed by atoms with E-state index in [1.54, 1.807) is 13.0 Å². The Morgan fingerprint density at radius 1 is 1.55 bits per heavy atom. The molecule has 0 radical (unpaired) electrons. The molecular weight excluding hydrogens is 278 g/mol. The van der Waals surface area contributed by atoms with E-state index in [0.717, 1.165) is 35.6 Å². The fraction of sp³-hybridized carbons (Fsp3) is 0.417. The third-order valence-corrected chi connectivity index (χ3v) is 4.19. The Labute approximate surface area is 118 Å². The first-order valence-corrected chi connectivity index (χ1v) is 7.08. The van der Waals surface area contributed by atoms with Crippen LogP contribution in [0.15, 0.2) is 10.9 Å². The number of aryl methyl sites for hydroxylation is 2. The summed E-state index contributed by atoms with van der Waals surface area (Å²) in [6.45, 7) is 1.76. The highest BCUT2D eigenvalue weighted by Gasteiger charge is 2.23. The van der Waals surface area contributed by atoms with E-state index in [9.17, 15) is 9.59 Å². The van der Waals surface area contributed by atoms with Crippen LogP contribution in [0.3, 0.4) is 0 Å². The van der Waals surface area contributed by atoms with E-state index in [2.05, 4.69) is 25.1 Å². The number of aromatic amines is 1. The lowest BCUT2D eigenvalue weighted by Crippen LogP contribution is -2.39. The minimum Gasteiger partial charge on any atom is -0.348 e. The van der Waals surface area contributed by atoms with Crippen molar-refractivity contribution in [2.75, 3.05) is 0 Å². The number of amides is 1. The van der Waals surface area contributed by atoms with Gasteiger partial charge >= 0.3 is 0 Å². The third kappa shape index (κ3) is 2.46. The Balaban J connectivity index is 1.73. The van der Waals surface area contributed by atoms with Crippen molar-refractivity contribution in [1.82, 2.24) is 25.1 Å². The molecule has 1 amide bonds. The molecule has 2 aromatic heterocycles. The number of H-pyrrole nitrogens is 1. The van der Waals surface area contributed by atoms with Crippen molar-refractivity contribution in [3.05, 3.63) is 38.2 Å². The van der Waals surface area contributed by atoms with Crippen molar-refractivity contribution in [3.63, 3.8) is 0 Å². The van der Waals surface area contributed by atoms with E-state index in [1.165, 1.54) is 0 Å². The van der Waals surface area contributed by atoms with Crippen molar-refractivity contribution < 1.29 is 4.79 Å². The normalized spacial score (nSPS) is 17.6. The molecule has 0 aromatic carbocycles. The second kappa shape index (κ2) is 5.12. The molecule has 1 unspecified atom stereocenters. The number of carbonyl (C=O) groups excluding carboxylic acids is 1. The highest BCUT2D eigenvalue weighted by Crippen LogP contribution is 2.18. The zero-order valence-corrected chi connectivity index (χ0v) is 11.7. The first kappa shape index (κ1) is 12.9. The van der Waals surface area contributed by atoms with Crippen LogP contribution in [0, 0.1) is 6.92 Å². The van der Waals surface area contributed by atoms with Gasteiger partial charge in [0.15, 0.2) is 0 Å². The van der Waals surface area contributed by atoms with Gasteiger partial charge in [-0.2, -0.15) is 5.10 Å². The van der Waals surface area contributed by atoms with Gasteiger partial charge in [0.2, 0.25) is 0 Å². The van der Waals surface area contributed by atoms with Crippen LogP contribution in [0.25, 0.3) is 0 Å². The van der Waals surface area contributed by atoms with E-state index in [4.69, 9.17) is 0 Å². The highest BCUT2D eigenvalue weighted by molar-refractivity contribution is 7.08. The SMILES string of the molecule is Cc1nnsc1C(=O)NC1CCc2n[nH]c(=O)cc2C1. The van der Waals surface area contributed by atoms with Crippen molar-refractivity contribution in [2.24, 2.45) is 0 Å². The lowest BCUT2D eigenvalue weighted by molar-refractivity contribution is 0.0937. The Morgan fingerprint density at radius 2 is 2.40 bits per heavy atom. The van der Waals surface area contributed by atoms with Crippen molar-refractivity contribution >= 4 is 17.4 Å². The fourth-order valence-corrected chi connectivity index (χ4v) is 2.91. The molecule has 2 aromatic rings. The van der Waals surface area contributed by atoms with Crippen LogP contribution in [0.2, 0.25) is 0 Å². The maximum absolute atomic E-state index is 12.1. The van der Waals surface area contributed by atoms with Gasteiger partial charge in [0, 0.05) is 12.1 Å². The number of fused-ring (bicyclic) bond motifs is 1. The summed E-state index contributed by atoms with van der Waals surface area (Å²) in [6, 6.07) is 1.57. The van der Waals surface area contributed by atoms with Crippen LogP contribution in [0.1, 0.15) is 33.0 Å². The third-order valence-electron chi connectivity index (χ3n) is 3.37. The Morgan fingerprint density at radius 3 is 3.15 bits per heavy atom. The molecular formula is C12H13N5O2S. The molecule has 8 heteroatoms. The van der Waals surface area contributed by atoms with E-state index < -0.39 is 0 Å². The first-order chi connectivity index (χ1) is 9.63. The number of hydrogen-bond acceptors (Lipinski definition) is 6. The van der Waals surface area contributed by atoms with Gasteiger partial charge in [0.1, 0.15) is 4.88 Å². The lowest BCUT2D eigenvalue weighted by Gasteiger charge is -2.24. The van der Waals surface area contributed by atoms with Gasteiger partial charge in [0.25, 0.3) is 11.5 Å². The smallest absolute Gasteiger partial charge is 0.265 e. The van der Waals surface area contributed by atoms with Crippen molar-refractivity contribution in [2.45, 2.75) is 32.2 Å². The van der Waals surface area contributed by atoms with E-state index in [0.29, 0.717) is 17.0 Å². The molecule has 1 aliphatic rings. The minimum absolute atomic E-state index is 0.0140. The molecule has 0 fully saturated rings. The number of nitrogens with one attached hydrogen (secondary N) is 2. The topological polar surface area (TPSA) is 101 Å². The van der Waals surface area contributed by atoms with E-state index in [-0.39, 0.29) is 17.5 Å². The molecule has 104 valence electrons. The van der Waals surface area contributed by atoms with Gasteiger partial charge < -0.3 is 5.32 Å². The predicted molar refractivity (Wildman–Crippen MR) is 72.8 cm³/mol. The summed E-state index contributed by atoms with van der Waals surface area (Å²) in [5.41, 5.74) is 2.25. The average Bonchev–Trinajstić information content (AvgIpc) is 2.84. The quantitative estimate of drug-likeness (QED) is 0.824. The van der Waals surface area contributed by atoms with Crippen LogP contribution in [-0.4, -0.2) is 31.7 Å². The van der Waals surface area contributed by atoms with E-state index in [1.807, 2.05) is 0 Å². The monoisotopic (exact) mass is 291 g/mol. The summed E-state index contributed by atoms with van der Waals surface area (Å²) in [7, 11) is 0. The van der Waals surface area contributed by atoms with Gasteiger partial charge in [-0.05, 0) is 43.3 Å². The number of nitrogens with zero attached hydrogens (tertiary/aromatic N) is 3. The molecule has 0 saturated heterocycles. The maximum atomic E-state index is 12.1. The van der Waals surface area contributed by atoms with Gasteiger partial charge in [0.05, 0.1) is 11.4 Å². The number of rotatable bonds is 2. The zero-order chi connectivity index (χ0) is 14.1. The summed E-state index contributed by atoms with van der Waals surface area (Å²) < 4.78 is 3.76. The summed E-state index contributed by atoms with van der Waals surface area (Å²) >= 11 is 1.09. The Bertz CT molecular complexity index is 708. The lowest BCUT2D eigenvalue weighted by atomic mass is 9.92. The Hall–Kier alpha value is -2.09. The summed E-state index contributed by atoms with van der Waals surface area (Å²) in [4.78, 5) is 23.9. The largest absolute Gasteiger partial charge is 0.348 e. The molecule has 1 atom stereocenters. The van der Waals surface area contributed by atoms with Gasteiger partial charge in [-0.15, -0.1) is 5.10 Å². The molecule has 2 heterocycles. The molecule has 2 N–H and O–H groups in total. The summed E-state index contributed by atoms with van der Waals surface area (Å²) in [5.74, 6) is -0.149. The second-order valence-electron chi connectivity index (χ2n) is 4.80.